The first-order valence-corrected chi connectivity index (χ1v) is 6.48. The third kappa shape index (κ3) is 3.74. The normalized spacial score (nSPS) is 14.5. The molecular formula is C14H20N2O2. The second-order valence-electron chi connectivity index (χ2n) is 4.86. The molecule has 0 aromatic heterocycles. The van der Waals surface area contributed by atoms with Crippen molar-refractivity contribution >= 4 is 5.91 Å². The lowest BCUT2D eigenvalue weighted by atomic mass is 10.1. The number of rotatable bonds is 6. The van der Waals surface area contributed by atoms with Gasteiger partial charge in [-0.3, -0.25) is 4.79 Å². The van der Waals surface area contributed by atoms with Crippen LogP contribution in [-0.2, 0) is 0 Å². The maximum absolute atomic E-state index is 11.8. The number of hydrogen-bond acceptors (Lipinski definition) is 3. The Morgan fingerprint density at radius 1 is 1.39 bits per heavy atom. The van der Waals surface area contributed by atoms with Crippen molar-refractivity contribution in [1.82, 2.24) is 10.6 Å². The smallest absolute Gasteiger partial charge is 0.255 e. The number of aryl methyl sites for hydroxylation is 1. The van der Waals surface area contributed by atoms with Crippen LogP contribution in [0, 0.1) is 6.92 Å². The molecular weight excluding hydrogens is 228 g/mol. The Bertz CT molecular complexity index is 428. The number of phenols is 1. The first-order chi connectivity index (χ1) is 8.66. The van der Waals surface area contributed by atoms with E-state index in [1.807, 2.05) is 13.0 Å². The minimum atomic E-state index is -0.209. The molecule has 0 atom stereocenters. The van der Waals surface area contributed by atoms with Gasteiger partial charge >= 0.3 is 0 Å². The van der Waals surface area contributed by atoms with Crippen molar-refractivity contribution in [3.05, 3.63) is 29.3 Å². The summed E-state index contributed by atoms with van der Waals surface area (Å²) in [6.45, 7) is 3.45. The third-order valence-electron chi connectivity index (χ3n) is 3.05. The summed E-state index contributed by atoms with van der Waals surface area (Å²) in [6.07, 6.45) is 3.47. The molecule has 0 bridgehead atoms. The molecule has 1 fully saturated rings. The van der Waals surface area contributed by atoms with Gasteiger partial charge in [0.05, 0.1) is 5.56 Å². The van der Waals surface area contributed by atoms with Gasteiger partial charge in [-0.1, -0.05) is 6.07 Å². The van der Waals surface area contributed by atoms with Crippen LogP contribution in [0.5, 0.6) is 5.75 Å². The predicted octanol–water partition coefficient (Wildman–Crippen LogP) is 1.57. The summed E-state index contributed by atoms with van der Waals surface area (Å²) in [5.41, 5.74) is 1.29. The first-order valence-electron chi connectivity index (χ1n) is 6.48. The molecule has 1 aromatic rings. The SMILES string of the molecule is Cc1ccc(C(=O)NCCCNC2CC2)c(O)c1. The molecule has 1 saturated carbocycles. The number of amides is 1. The molecule has 0 aliphatic heterocycles. The molecule has 0 heterocycles. The summed E-state index contributed by atoms with van der Waals surface area (Å²) >= 11 is 0. The summed E-state index contributed by atoms with van der Waals surface area (Å²) in [5, 5.41) is 15.9. The lowest BCUT2D eigenvalue weighted by molar-refractivity contribution is 0.0950. The van der Waals surface area contributed by atoms with Crippen LogP contribution >= 0.6 is 0 Å². The highest BCUT2D eigenvalue weighted by molar-refractivity contribution is 5.96. The Morgan fingerprint density at radius 3 is 2.83 bits per heavy atom. The van der Waals surface area contributed by atoms with Gasteiger partial charge in [0.25, 0.3) is 5.91 Å². The van der Waals surface area contributed by atoms with Gasteiger partial charge in [0.2, 0.25) is 0 Å². The molecule has 98 valence electrons. The van der Waals surface area contributed by atoms with Crippen LogP contribution in [0.4, 0.5) is 0 Å². The highest BCUT2D eigenvalue weighted by Crippen LogP contribution is 2.18. The van der Waals surface area contributed by atoms with E-state index in [1.165, 1.54) is 12.8 Å². The molecule has 2 rings (SSSR count). The number of aromatic hydroxyl groups is 1. The van der Waals surface area contributed by atoms with Crippen molar-refractivity contribution in [1.29, 1.82) is 0 Å². The van der Waals surface area contributed by atoms with Crippen LogP contribution in [0.3, 0.4) is 0 Å². The average molecular weight is 248 g/mol. The van der Waals surface area contributed by atoms with E-state index in [2.05, 4.69) is 10.6 Å². The van der Waals surface area contributed by atoms with Crippen LogP contribution in [0.1, 0.15) is 35.2 Å². The van der Waals surface area contributed by atoms with Crippen molar-refractivity contribution in [2.45, 2.75) is 32.2 Å². The van der Waals surface area contributed by atoms with Crippen LogP contribution in [0.2, 0.25) is 0 Å². The molecule has 1 aromatic carbocycles. The molecule has 4 nitrogen and oxygen atoms in total. The zero-order chi connectivity index (χ0) is 13.0. The highest BCUT2D eigenvalue weighted by Gasteiger charge is 2.19. The number of benzene rings is 1. The van der Waals surface area contributed by atoms with E-state index in [0.717, 1.165) is 18.5 Å². The van der Waals surface area contributed by atoms with Gasteiger partial charge in [-0.05, 0) is 50.4 Å². The molecule has 1 amide bonds. The van der Waals surface area contributed by atoms with Gasteiger partial charge in [-0.2, -0.15) is 0 Å². The molecule has 0 unspecified atom stereocenters. The Labute approximate surface area is 107 Å². The van der Waals surface area contributed by atoms with Gasteiger partial charge in [-0.15, -0.1) is 0 Å². The van der Waals surface area contributed by atoms with Crippen molar-refractivity contribution in [2.24, 2.45) is 0 Å². The molecule has 1 aliphatic carbocycles. The zero-order valence-electron chi connectivity index (χ0n) is 10.7. The Hall–Kier alpha value is -1.55. The fourth-order valence-electron chi connectivity index (χ4n) is 1.81. The fraction of sp³-hybridized carbons (Fsp3) is 0.500. The van der Waals surface area contributed by atoms with E-state index in [9.17, 15) is 9.90 Å². The number of hydrogen-bond donors (Lipinski definition) is 3. The zero-order valence-corrected chi connectivity index (χ0v) is 10.7. The Morgan fingerprint density at radius 2 is 2.17 bits per heavy atom. The standard InChI is InChI=1S/C14H20N2O2/c1-10-3-6-12(13(17)9-10)14(18)16-8-2-7-15-11-4-5-11/h3,6,9,11,15,17H,2,4-5,7-8H2,1H3,(H,16,18). The van der Waals surface area contributed by atoms with Crippen LogP contribution < -0.4 is 10.6 Å². The summed E-state index contributed by atoms with van der Waals surface area (Å²) in [5.74, 6) is -0.164. The van der Waals surface area contributed by atoms with E-state index < -0.39 is 0 Å². The largest absolute Gasteiger partial charge is 0.507 e. The van der Waals surface area contributed by atoms with Gasteiger partial charge in [0, 0.05) is 12.6 Å². The number of nitrogens with one attached hydrogen (secondary N) is 2. The topological polar surface area (TPSA) is 61.4 Å². The average Bonchev–Trinajstić information content (AvgIpc) is 3.12. The molecule has 0 spiro atoms. The van der Waals surface area contributed by atoms with E-state index >= 15 is 0 Å². The molecule has 4 heteroatoms. The lowest BCUT2D eigenvalue weighted by Crippen LogP contribution is -2.28. The highest BCUT2D eigenvalue weighted by atomic mass is 16.3. The summed E-state index contributed by atoms with van der Waals surface area (Å²) in [4.78, 5) is 11.8. The second-order valence-corrected chi connectivity index (χ2v) is 4.86. The van der Waals surface area contributed by atoms with Crippen molar-refractivity contribution in [3.8, 4) is 5.75 Å². The van der Waals surface area contributed by atoms with Crippen LogP contribution in [0.15, 0.2) is 18.2 Å². The Balaban J connectivity index is 1.72. The van der Waals surface area contributed by atoms with E-state index in [1.54, 1.807) is 12.1 Å². The molecule has 18 heavy (non-hydrogen) atoms. The third-order valence-corrected chi connectivity index (χ3v) is 3.05. The lowest BCUT2D eigenvalue weighted by Gasteiger charge is -2.07. The van der Waals surface area contributed by atoms with Gasteiger partial charge in [0.1, 0.15) is 5.75 Å². The quantitative estimate of drug-likeness (QED) is 0.670. The maximum atomic E-state index is 11.8. The molecule has 1 aliphatic rings. The van der Waals surface area contributed by atoms with Crippen molar-refractivity contribution in [2.75, 3.05) is 13.1 Å². The predicted molar refractivity (Wildman–Crippen MR) is 70.8 cm³/mol. The number of carbonyl (C=O) groups is 1. The van der Waals surface area contributed by atoms with Crippen molar-refractivity contribution < 1.29 is 9.90 Å². The maximum Gasteiger partial charge on any atom is 0.255 e. The monoisotopic (exact) mass is 248 g/mol. The van der Waals surface area contributed by atoms with E-state index in [0.29, 0.717) is 18.2 Å². The summed E-state index contributed by atoms with van der Waals surface area (Å²) < 4.78 is 0. The van der Waals surface area contributed by atoms with Crippen molar-refractivity contribution in [3.63, 3.8) is 0 Å². The van der Waals surface area contributed by atoms with Crippen LogP contribution in [0.25, 0.3) is 0 Å². The Kier molecular flexibility index (Phi) is 4.20. The number of phenolic OH excluding ortho intramolecular Hbond substituents is 1. The van der Waals surface area contributed by atoms with E-state index in [-0.39, 0.29) is 11.7 Å². The summed E-state index contributed by atoms with van der Waals surface area (Å²) in [6, 6.07) is 5.79. The van der Waals surface area contributed by atoms with E-state index in [4.69, 9.17) is 0 Å². The molecule has 0 radical (unpaired) electrons. The fourth-order valence-corrected chi connectivity index (χ4v) is 1.81. The van der Waals surface area contributed by atoms with Gasteiger partial charge in [-0.25, -0.2) is 0 Å². The molecule has 3 N–H and O–H groups in total. The van der Waals surface area contributed by atoms with Crippen LogP contribution in [-0.4, -0.2) is 30.1 Å². The number of carbonyl (C=O) groups excluding carboxylic acids is 1. The summed E-state index contributed by atoms with van der Waals surface area (Å²) in [7, 11) is 0. The first kappa shape index (κ1) is 12.9. The molecule has 0 saturated heterocycles. The second kappa shape index (κ2) is 5.87. The van der Waals surface area contributed by atoms with Gasteiger partial charge in [0.15, 0.2) is 0 Å². The van der Waals surface area contributed by atoms with Gasteiger partial charge < -0.3 is 15.7 Å². The minimum Gasteiger partial charge on any atom is -0.507 e. The minimum absolute atomic E-state index is 0.0450.